The first-order valence-electron chi connectivity index (χ1n) is 6.36. The van der Waals surface area contributed by atoms with Gasteiger partial charge in [-0.25, -0.2) is 4.39 Å². The van der Waals surface area contributed by atoms with Crippen molar-refractivity contribution in [1.82, 2.24) is 0 Å². The van der Waals surface area contributed by atoms with E-state index in [1.54, 1.807) is 18.4 Å². The summed E-state index contributed by atoms with van der Waals surface area (Å²) in [5, 5.41) is 13.1. The van der Waals surface area contributed by atoms with Gasteiger partial charge in [0.05, 0.1) is 17.0 Å². The van der Waals surface area contributed by atoms with Gasteiger partial charge in [0.15, 0.2) is 0 Å². The van der Waals surface area contributed by atoms with Gasteiger partial charge in [-0.15, -0.1) is 11.3 Å². The molecular weight excluding hydrogens is 289 g/mol. The molecule has 1 aromatic heterocycles. The molecule has 21 heavy (non-hydrogen) atoms. The maximum atomic E-state index is 13.0. The van der Waals surface area contributed by atoms with E-state index in [9.17, 15) is 9.18 Å². The van der Waals surface area contributed by atoms with E-state index in [1.807, 2.05) is 0 Å². The fourth-order valence-corrected chi connectivity index (χ4v) is 2.44. The second-order valence-electron chi connectivity index (χ2n) is 4.39. The van der Waals surface area contributed by atoms with Crippen LogP contribution in [-0.2, 0) is 0 Å². The molecule has 0 aliphatic heterocycles. The van der Waals surface area contributed by atoms with Crippen molar-refractivity contribution in [3.8, 4) is 11.8 Å². The molecule has 1 amide bonds. The third-order valence-corrected chi connectivity index (χ3v) is 3.59. The lowest BCUT2D eigenvalue weighted by Crippen LogP contribution is -2.11. The van der Waals surface area contributed by atoms with E-state index >= 15 is 0 Å². The molecule has 2 aromatic rings. The van der Waals surface area contributed by atoms with Gasteiger partial charge in [-0.2, -0.15) is 0 Å². The van der Waals surface area contributed by atoms with Crippen molar-refractivity contribution in [1.29, 1.82) is 0 Å². The maximum absolute atomic E-state index is 13.0. The smallest absolute Gasteiger partial charge is 0.256 e. The Morgan fingerprint density at radius 3 is 2.95 bits per heavy atom. The average molecular weight is 303 g/mol. The van der Waals surface area contributed by atoms with Crippen LogP contribution in [-0.4, -0.2) is 17.6 Å². The molecular formula is C16H14FNO2S. The lowest BCUT2D eigenvalue weighted by molar-refractivity contribution is 0.102. The predicted octanol–water partition coefficient (Wildman–Crippen LogP) is 3.18. The Morgan fingerprint density at radius 2 is 2.24 bits per heavy atom. The van der Waals surface area contributed by atoms with Crippen molar-refractivity contribution in [2.75, 3.05) is 11.9 Å². The van der Waals surface area contributed by atoms with Crippen LogP contribution in [0.4, 0.5) is 10.1 Å². The van der Waals surface area contributed by atoms with E-state index in [1.165, 1.54) is 29.5 Å². The number of hydrogen-bond acceptors (Lipinski definition) is 3. The molecule has 1 aromatic carbocycles. The Labute approximate surface area is 126 Å². The van der Waals surface area contributed by atoms with E-state index in [0.717, 1.165) is 4.88 Å². The van der Waals surface area contributed by atoms with Crippen LogP contribution < -0.4 is 5.32 Å². The van der Waals surface area contributed by atoms with Crippen molar-refractivity contribution in [3.05, 3.63) is 51.5 Å². The first-order valence-corrected chi connectivity index (χ1v) is 7.24. The minimum atomic E-state index is -0.331. The van der Waals surface area contributed by atoms with Crippen LogP contribution in [0.25, 0.3) is 0 Å². The topological polar surface area (TPSA) is 49.3 Å². The maximum Gasteiger partial charge on any atom is 0.256 e. The molecule has 2 rings (SSSR count). The molecule has 0 aliphatic rings. The van der Waals surface area contributed by atoms with Gasteiger partial charge in [-0.05, 0) is 36.8 Å². The number of benzene rings is 1. The van der Waals surface area contributed by atoms with Crippen molar-refractivity contribution in [2.45, 2.75) is 13.3 Å². The zero-order chi connectivity index (χ0) is 15.2. The standard InChI is InChI=1S/C16H14FNO2S/c1-11-8-13(17)5-6-15(11)18-16(20)12-9-14(21-10-12)4-2-3-7-19/h5-6,8-10,19H,3,7H2,1H3,(H,18,20). The zero-order valence-corrected chi connectivity index (χ0v) is 12.3. The van der Waals surface area contributed by atoms with Gasteiger partial charge in [0.25, 0.3) is 5.91 Å². The fraction of sp³-hybridized carbons (Fsp3) is 0.188. The number of anilines is 1. The van der Waals surface area contributed by atoms with E-state index in [4.69, 9.17) is 5.11 Å². The summed E-state index contributed by atoms with van der Waals surface area (Å²) in [6, 6.07) is 5.91. The quantitative estimate of drug-likeness (QED) is 0.856. The monoisotopic (exact) mass is 303 g/mol. The minimum Gasteiger partial charge on any atom is -0.395 e. The number of nitrogens with one attached hydrogen (secondary N) is 1. The Hall–Kier alpha value is -2.16. The van der Waals surface area contributed by atoms with Crippen molar-refractivity contribution >= 4 is 22.9 Å². The Morgan fingerprint density at radius 1 is 1.43 bits per heavy atom. The molecule has 0 bridgehead atoms. The normalized spacial score (nSPS) is 9.86. The summed E-state index contributed by atoms with van der Waals surface area (Å²) in [6.07, 6.45) is 0.411. The van der Waals surface area contributed by atoms with E-state index in [-0.39, 0.29) is 18.3 Å². The molecule has 0 radical (unpaired) electrons. The van der Waals surface area contributed by atoms with Gasteiger partial charge in [0.1, 0.15) is 5.82 Å². The molecule has 0 spiro atoms. The van der Waals surface area contributed by atoms with Crippen molar-refractivity contribution in [3.63, 3.8) is 0 Å². The highest BCUT2D eigenvalue weighted by Crippen LogP contribution is 2.19. The molecule has 0 fully saturated rings. The summed E-state index contributed by atoms with van der Waals surface area (Å²) >= 11 is 1.37. The van der Waals surface area contributed by atoms with Crippen LogP contribution in [0.2, 0.25) is 0 Å². The molecule has 0 saturated carbocycles. The molecule has 0 atom stereocenters. The van der Waals surface area contributed by atoms with Crippen LogP contribution >= 0.6 is 11.3 Å². The van der Waals surface area contributed by atoms with Crippen LogP contribution in [0.5, 0.6) is 0 Å². The molecule has 3 nitrogen and oxygen atoms in total. The fourth-order valence-electron chi connectivity index (χ4n) is 1.69. The Kier molecular flexibility index (Phi) is 5.09. The molecule has 0 unspecified atom stereocenters. The second kappa shape index (κ2) is 7.02. The minimum absolute atomic E-state index is 0.0234. The largest absolute Gasteiger partial charge is 0.395 e. The van der Waals surface area contributed by atoms with Gasteiger partial charge < -0.3 is 10.4 Å². The molecule has 1 heterocycles. The highest BCUT2D eigenvalue weighted by molar-refractivity contribution is 7.10. The summed E-state index contributed by atoms with van der Waals surface area (Å²) in [6.45, 7) is 1.76. The van der Waals surface area contributed by atoms with E-state index in [2.05, 4.69) is 17.2 Å². The number of aryl methyl sites for hydroxylation is 1. The number of amides is 1. The van der Waals surface area contributed by atoms with Crippen LogP contribution in [0.15, 0.2) is 29.6 Å². The van der Waals surface area contributed by atoms with Crippen LogP contribution in [0.1, 0.15) is 27.2 Å². The number of carbonyl (C=O) groups is 1. The van der Waals surface area contributed by atoms with Crippen LogP contribution in [0, 0.1) is 24.6 Å². The first kappa shape index (κ1) is 15.2. The highest BCUT2D eigenvalue weighted by Gasteiger charge is 2.10. The number of halogens is 1. The number of aliphatic hydroxyl groups excluding tert-OH is 1. The first-order chi connectivity index (χ1) is 10.1. The SMILES string of the molecule is Cc1cc(F)ccc1NC(=O)c1csc(C#CCCO)c1. The van der Waals surface area contributed by atoms with Gasteiger partial charge in [-0.3, -0.25) is 4.79 Å². The lowest BCUT2D eigenvalue weighted by Gasteiger charge is -2.07. The summed E-state index contributed by atoms with van der Waals surface area (Å²) in [7, 11) is 0. The highest BCUT2D eigenvalue weighted by atomic mass is 32.1. The summed E-state index contributed by atoms with van der Waals surface area (Å²) in [4.78, 5) is 12.9. The Balaban J connectivity index is 2.09. The van der Waals surface area contributed by atoms with Gasteiger partial charge in [0.2, 0.25) is 0 Å². The predicted molar refractivity (Wildman–Crippen MR) is 82.0 cm³/mol. The summed E-state index contributed by atoms with van der Waals surface area (Å²) in [5.41, 5.74) is 1.76. The molecule has 5 heteroatoms. The number of hydrogen-bond donors (Lipinski definition) is 2. The number of thiophene rings is 1. The van der Waals surface area contributed by atoms with Crippen LogP contribution in [0.3, 0.4) is 0 Å². The van der Waals surface area contributed by atoms with Gasteiger partial charge >= 0.3 is 0 Å². The molecule has 0 aliphatic carbocycles. The lowest BCUT2D eigenvalue weighted by atomic mass is 10.2. The van der Waals surface area contributed by atoms with E-state index in [0.29, 0.717) is 23.2 Å². The second-order valence-corrected chi connectivity index (χ2v) is 5.30. The molecule has 0 saturated heterocycles. The third kappa shape index (κ3) is 4.15. The van der Waals surface area contributed by atoms with Gasteiger partial charge in [0, 0.05) is 17.5 Å². The van der Waals surface area contributed by atoms with E-state index < -0.39 is 0 Å². The number of carbonyl (C=O) groups excluding carboxylic acids is 1. The number of rotatable bonds is 3. The number of aliphatic hydroxyl groups is 1. The van der Waals surface area contributed by atoms with Crippen molar-refractivity contribution in [2.24, 2.45) is 0 Å². The van der Waals surface area contributed by atoms with Crippen molar-refractivity contribution < 1.29 is 14.3 Å². The Bertz CT molecular complexity index is 713. The van der Waals surface area contributed by atoms with Gasteiger partial charge in [-0.1, -0.05) is 11.8 Å². The summed E-state index contributed by atoms with van der Waals surface area (Å²) < 4.78 is 13.0. The molecule has 2 N–H and O–H groups in total. The molecule has 108 valence electrons. The zero-order valence-electron chi connectivity index (χ0n) is 11.4. The summed E-state index contributed by atoms with van der Waals surface area (Å²) in [5.74, 6) is 5.10. The third-order valence-electron chi connectivity index (χ3n) is 2.75. The average Bonchev–Trinajstić information content (AvgIpc) is 2.91.